The molecule has 6 nitrogen and oxygen atoms in total. The largest absolute Gasteiger partial charge is 0.371 e. The molecule has 1 spiro atoms. The lowest BCUT2D eigenvalue weighted by Gasteiger charge is -2.50. The van der Waals surface area contributed by atoms with Crippen molar-refractivity contribution in [2.24, 2.45) is 5.92 Å². The Kier molecular flexibility index (Phi) is 5.22. The van der Waals surface area contributed by atoms with Crippen LogP contribution in [0.4, 0.5) is 0 Å². The van der Waals surface area contributed by atoms with Crippen LogP contribution in [0.15, 0.2) is 0 Å². The fraction of sp³-hybridized carbons (Fsp3) is 0.867. The van der Waals surface area contributed by atoms with E-state index in [0.717, 1.165) is 12.8 Å². The maximum Gasteiger partial charge on any atom is 0.248 e. The molecular weight excluding hydrogens is 272 g/mol. The van der Waals surface area contributed by atoms with Crippen molar-refractivity contribution in [3.63, 3.8) is 0 Å². The molecule has 0 aliphatic carbocycles. The molecule has 2 fully saturated rings. The van der Waals surface area contributed by atoms with E-state index in [4.69, 9.17) is 9.47 Å². The van der Waals surface area contributed by atoms with Gasteiger partial charge >= 0.3 is 0 Å². The van der Waals surface area contributed by atoms with Gasteiger partial charge in [-0.05, 0) is 12.8 Å². The molecule has 0 bridgehead atoms. The third-order valence-corrected chi connectivity index (χ3v) is 4.38. The van der Waals surface area contributed by atoms with Crippen LogP contribution >= 0.6 is 0 Å². The van der Waals surface area contributed by atoms with Crippen molar-refractivity contribution >= 4 is 11.8 Å². The number of hydrogen-bond acceptors (Lipinski definition) is 4. The summed E-state index contributed by atoms with van der Waals surface area (Å²) in [7, 11) is 3.43. The highest BCUT2D eigenvalue weighted by atomic mass is 16.5. The number of likely N-dealkylation sites (N-methyl/N-ethyl adjacent to an activating group) is 1. The van der Waals surface area contributed by atoms with Gasteiger partial charge in [0.25, 0.3) is 0 Å². The summed E-state index contributed by atoms with van der Waals surface area (Å²) in [6.07, 6.45) is 2.42. The molecule has 0 unspecified atom stereocenters. The summed E-state index contributed by atoms with van der Waals surface area (Å²) >= 11 is 0. The van der Waals surface area contributed by atoms with Gasteiger partial charge in [0.1, 0.15) is 12.2 Å². The molecule has 2 aliphatic heterocycles. The highest BCUT2D eigenvalue weighted by Crippen LogP contribution is 2.40. The van der Waals surface area contributed by atoms with Gasteiger partial charge in [-0.3, -0.25) is 9.59 Å². The zero-order valence-corrected chi connectivity index (χ0v) is 13.3. The molecule has 120 valence electrons. The van der Waals surface area contributed by atoms with E-state index >= 15 is 0 Å². The highest BCUT2D eigenvalue weighted by molar-refractivity contribution is 5.77. The standard InChI is InChI=1S/C15H26N2O4/c1-4-5-13(18)17-10-15(11-17)12(6-7-21-15)8-20-9-14(19)16(2)3/h12H,4-11H2,1-3H3/t12-/m0/s1. The molecule has 6 heteroatoms. The molecule has 2 heterocycles. The Balaban J connectivity index is 1.77. The average molecular weight is 298 g/mol. The molecule has 0 N–H and O–H groups in total. The van der Waals surface area contributed by atoms with Gasteiger partial charge in [-0.1, -0.05) is 6.92 Å². The lowest BCUT2D eigenvalue weighted by molar-refractivity contribution is -0.169. The van der Waals surface area contributed by atoms with E-state index in [1.165, 1.54) is 4.90 Å². The van der Waals surface area contributed by atoms with Crippen molar-refractivity contribution in [2.75, 3.05) is 47.0 Å². The van der Waals surface area contributed by atoms with Crippen molar-refractivity contribution in [1.82, 2.24) is 9.80 Å². The Hall–Kier alpha value is -1.14. The van der Waals surface area contributed by atoms with Gasteiger partial charge in [-0.15, -0.1) is 0 Å². The Morgan fingerprint density at radius 3 is 2.71 bits per heavy atom. The number of hydrogen-bond donors (Lipinski definition) is 0. The first kappa shape index (κ1) is 16.2. The van der Waals surface area contributed by atoms with E-state index in [9.17, 15) is 9.59 Å². The van der Waals surface area contributed by atoms with Crippen molar-refractivity contribution in [2.45, 2.75) is 31.8 Å². The van der Waals surface area contributed by atoms with Crippen LogP contribution in [0.2, 0.25) is 0 Å². The molecule has 2 rings (SSSR count). The van der Waals surface area contributed by atoms with Crippen LogP contribution in [0.25, 0.3) is 0 Å². The van der Waals surface area contributed by atoms with E-state index < -0.39 is 0 Å². The molecule has 1 atom stereocenters. The van der Waals surface area contributed by atoms with E-state index in [1.807, 2.05) is 11.8 Å². The summed E-state index contributed by atoms with van der Waals surface area (Å²) in [4.78, 5) is 26.7. The topological polar surface area (TPSA) is 59.1 Å². The predicted molar refractivity (Wildman–Crippen MR) is 77.8 cm³/mol. The fourth-order valence-electron chi connectivity index (χ4n) is 2.94. The lowest BCUT2D eigenvalue weighted by Crippen LogP contribution is -2.66. The van der Waals surface area contributed by atoms with Crippen LogP contribution in [0.5, 0.6) is 0 Å². The Morgan fingerprint density at radius 1 is 1.38 bits per heavy atom. The number of nitrogens with zero attached hydrogens (tertiary/aromatic N) is 2. The molecule has 0 aromatic carbocycles. The van der Waals surface area contributed by atoms with Crippen LogP contribution in [0.3, 0.4) is 0 Å². The van der Waals surface area contributed by atoms with Gasteiger partial charge < -0.3 is 19.3 Å². The lowest BCUT2D eigenvalue weighted by atomic mass is 9.81. The minimum absolute atomic E-state index is 0.0312. The van der Waals surface area contributed by atoms with Gasteiger partial charge in [-0.2, -0.15) is 0 Å². The first-order chi connectivity index (χ1) is 9.98. The van der Waals surface area contributed by atoms with Crippen LogP contribution in [-0.2, 0) is 19.1 Å². The summed E-state index contributed by atoms with van der Waals surface area (Å²) in [6, 6.07) is 0. The second kappa shape index (κ2) is 6.75. The van der Waals surface area contributed by atoms with Crippen LogP contribution in [0, 0.1) is 5.92 Å². The first-order valence-electron chi connectivity index (χ1n) is 7.68. The van der Waals surface area contributed by atoms with Crippen LogP contribution in [-0.4, -0.2) is 74.2 Å². The van der Waals surface area contributed by atoms with Gasteiger partial charge in [0.2, 0.25) is 11.8 Å². The number of likely N-dealkylation sites (tertiary alicyclic amines) is 1. The molecule has 0 saturated carbocycles. The van der Waals surface area contributed by atoms with Gasteiger partial charge in [0.15, 0.2) is 0 Å². The Morgan fingerprint density at radius 2 is 2.10 bits per heavy atom. The molecule has 0 radical (unpaired) electrons. The summed E-state index contributed by atoms with van der Waals surface area (Å²) in [6.45, 7) is 4.69. The molecule has 21 heavy (non-hydrogen) atoms. The van der Waals surface area contributed by atoms with Gasteiger partial charge in [-0.25, -0.2) is 0 Å². The zero-order chi connectivity index (χ0) is 15.5. The second-order valence-electron chi connectivity index (χ2n) is 6.20. The number of rotatable bonds is 6. The quantitative estimate of drug-likeness (QED) is 0.717. The summed E-state index contributed by atoms with van der Waals surface area (Å²) in [5.41, 5.74) is -0.232. The normalized spacial score (nSPS) is 23.2. The van der Waals surface area contributed by atoms with Crippen molar-refractivity contribution < 1.29 is 19.1 Å². The predicted octanol–water partition coefficient (Wildman–Crippen LogP) is 0.509. The molecule has 2 saturated heterocycles. The molecule has 0 aromatic heterocycles. The summed E-state index contributed by atoms with van der Waals surface area (Å²) in [5, 5.41) is 0. The minimum Gasteiger partial charge on any atom is -0.371 e. The third kappa shape index (κ3) is 3.55. The number of carbonyl (C=O) groups excluding carboxylic acids is 2. The van der Waals surface area contributed by atoms with Crippen molar-refractivity contribution in [3.8, 4) is 0 Å². The number of ether oxygens (including phenoxy) is 2. The molecular formula is C15H26N2O4. The van der Waals surface area contributed by atoms with Gasteiger partial charge in [0, 0.05) is 33.0 Å². The molecule has 2 aliphatic rings. The highest BCUT2D eigenvalue weighted by Gasteiger charge is 2.54. The van der Waals surface area contributed by atoms with E-state index in [2.05, 4.69) is 0 Å². The maximum absolute atomic E-state index is 11.8. The van der Waals surface area contributed by atoms with E-state index in [0.29, 0.717) is 32.7 Å². The van der Waals surface area contributed by atoms with Crippen LogP contribution < -0.4 is 0 Å². The smallest absolute Gasteiger partial charge is 0.248 e. The average Bonchev–Trinajstić information content (AvgIpc) is 2.80. The van der Waals surface area contributed by atoms with Crippen molar-refractivity contribution in [1.29, 1.82) is 0 Å². The first-order valence-corrected chi connectivity index (χ1v) is 7.68. The zero-order valence-electron chi connectivity index (χ0n) is 13.3. The number of amides is 2. The molecule has 2 amide bonds. The van der Waals surface area contributed by atoms with Crippen LogP contribution in [0.1, 0.15) is 26.2 Å². The monoisotopic (exact) mass is 298 g/mol. The summed E-state index contributed by atoms with van der Waals surface area (Å²) in [5.74, 6) is 0.454. The second-order valence-corrected chi connectivity index (χ2v) is 6.20. The Bertz CT molecular complexity index is 391. The van der Waals surface area contributed by atoms with Crippen molar-refractivity contribution in [3.05, 3.63) is 0 Å². The SMILES string of the molecule is CCCC(=O)N1CC2(C1)OCC[C@H]2COCC(=O)N(C)C. The van der Waals surface area contributed by atoms with E-state index in [-0.39, 0.29) is 29.9 Å². The maximum atomic E-state index is 11.8. The Labute approximate surface area is 126 Å². The summed E-state index contributed by atoms with van der Waals surface area (Å²) < 4.78 is 11.4. The number of carbonyl (C=O) groups is 2. The van der Waals surface area contributed by atoms with Gasteiger partial charge in [0.05, 0.1) is 19.7 Å². The third-order valence-electron chi connectivity index (χ3n) is 4.38. The molecule has 0 aromatic rings. The minimum atomic E-state index is -0.232. The fourth-order valence-corrected chi connectivity index (χ4v) is 2.94. The van der Waals surface area contributed by atoms with E-state index in [1.54, 1.807) is 14.1 Å².